The van der Waals surface area contributed by atoms with Gasteiger partial charge in [0.05, 0.1) is 5.39 Å². The van der Waals surface area contributed by atoms with Gasteiger partial charge in [0.15, 0.2) is 11.6 Å². The first-order valence-electron chi connectivity index (χ1n) is 8.91. The molecular formula is C22H17F3N2OS. The summed E-state index contributed by atoms with van der Waals surface area (Å²) in [6.45, 7) is 6.15. The number of rotatable bonds is 3. The van der Waals surface area contributed by atoms with E-state index in [-0.39, 0.29) is 17.1 Å². The molecule has 29 heavy (non-hydrogen) atoms. The fraction of sp³-hybridized carbons (Fsp3) is 0.182. The molecule has 2 aromatic carbocycles. The Hall–Kier alpha value is -2.93. The first-order chi connectivity index (χ1) is 13.8. The molecule has 148 valence electrons. The van der Waals surface area contributed by atoms with Crippen molar-refractivity contribution in [2.24, 2.45) is 0 Å². The minimum Gasteiger partial charge on any atom is -0.432 e. The van der Waals surface area contributed by atoms with Gasteiger partial charge in [0.2, 0.25) is 11.6 Å². The van der Waals surface area contributed by atoms with Crippen LogP contribution in [-0.4, -0.2) is 9.97 Å². The van der Waals surface area contributed by atoms with Crippen molar-refractivity contribution in [3.8, 4) is 22.8 Å². The zero-order chi connectivity index (χ0) is 20.8. The Kier molecular flexibility index (Phi) is 4.78. The van der Waals surface area contributed by atoms with E-state index in [0.29, 0.717) is 10.2 Å². The van der Waals surface area contributed by atoms with E-state index >= 15 is 0 Å². The molecule has 0 N–H and O–H groups in total. The summed E-state index contributed by atoms with van der Waals surface area (Å²) in [6, 6.07) is 9.55. The second-order valence-corrected chi connectivity index (χ2v) is 8.57. The van der Waals surface area contributed by atoms with Gasteiger partial charge in [0.25, 0.3) is 0 Å². The quantitative estimate of drug-likeness (QED) is 0.367. The lowest BCUT2D eigenvalue weighted by Gasteiger charge is -2.19. The second kappa shape index (κ2) is 7.15. The summed E-state index contributed by atoms with van der Waals surface area (Å²) >= 11 is 1.45. The molecular weight excluding hydrogens is 397 g/mol. The van der Waals surface area contributed by atoms with Gasteiger partial charge in [0, 0.05) is 10.4 Å². The van der Waals surface area contributed by atoms with Crippen LogP contribution in [-0.2, 0) is 5.41 Å². The fourth-order valence-electron chi connectivity index (χ4n) is 3.08. The normalized spacial score (nSPS) is 11.8. The summed E-state index contributed by atoms with van der Waals surface area (Å²) in [4.78, 5) is 10.1. The summed E-state index contributed by atoms with van der Waals surface area (Å²) < 4.78 is 47.4. The average Bonchev–Trinajstić information content (AvgIpc) is 3.06. The summed E-state index contributed by atoms with van der Waals surface area (Å²) in [5.41, 5.74) is 1.26. The smallest absolute Gasteiger partial charge is 0.232 e. The van der Waals surface area contributed by atoms with Gasteiger partial charge in [-0.05, 0) is 35.2 Å². The maximum absolute atomic E-state index is 14.2. The summed E-state index contributed by atoms with van der Waals surface area (Å²) in [6.07, 6.45) is 1.30. The van der Waals surface area contributed by atoms with Gasteiger partial charge in [-0.3, -0.25) is 0 Å². The van der Waals surface area contributed by atoms with Crippen molar-refractivity contribution in [3.05, 3.63) is 71.1 Å². The molecule has 0 radical (unpaired) electrons. The van der Waals surface area contributed by atoms with Crippen LogP contribution in [0.4, 0.5) is 13.2 Å². The van der Waals surface area contributed by atoms with Crippen molar-refractivity contribution in [1.29, 1.82) is 0 Å². The first-order valence-corrected chi connectivity index (χ1v) is 9.73. The Morgan fingerprint density at radius 1 is 0.897 bits per heavy atom. The van der Waals surface area contributed by atoms with Gasteiger partial charge in [-0.15, -0.1) is 11.3 Å². The number of thiophene rings is 1. The number of benzene rings is 2. The van der Waals surface area contributed by atoms with Gasteiger partial charge in [-0.25, -0.2) is 23.1 Å². The van der Waals surface area contributed by atoms with Crippen LogP contribution in [0.1, 0.15) is 25.6 Å². The summed E-state index contributed by atoms with van der Waals surface area (Å²) in [5.74, 6) is -2.49. The molecule has 3 nitrogen and oxygen atoms in total. The first kappa shape index (κ1) is 19.4. The molecule has 0 fully saturated rings. The molecule has 0 saturated carbocycles. The lowest BCUT2D eigenvalue weighted by Crippen LogP contribution is -2.10. The summed E-state index contributed by atoms with van der Waals surface area (Å²) in [7, 11) is 0. The van der Waals surface area contributed by atoms with Crippen molar-refractivity contribution < 1.29 is 17.9 Å². The number of hydrogen-bond acceptors (Lipinski definition) is 4. The van der Waals surface area contributed by atoms with Gasteiger partial charge in [-0.1, -0.05) is 39.0 Å². The maximum Gasteiger partial charge on any atom is 0.232 e. The molecule has 4 aromatic rings. The highest BCUT2D eigenvalue weighted by atomic mass is 32.1. The Bertz CT molecular complexity index is 1180. The molecule has 0 spiro atoms. The molecule has 0 saturated heterocycles. The van der Waals surface area contributed by atoms with Crippen molar-refractivity contribution in [1.82, 2.24) is 9.97 Å². The van der Waals surface area contributed by atoms with Gasteiger partial charge < -0.3 is 4.74 Å². The number of para-hydroxylation sites is 1. The van der Waals surface area contributed by atoms with E-state index in [9.17, 15) is 13.2 Å². The zero-order valence-electron chi connectivity index (χ0n) is 16.0. The third-order valence-corrected chi connectivity index (χ3v) is 5.91. The van der Waals surface area contributed by atoms with Gasteiger partial charge in [-0.2, -0.15) is 0 Å². The van der Waals surface area contributed by atoms with E-state index in [2.05, 4.69) is 30.7 Å². The highest BCUT2D eigenvalue weighted by molar-refractivity contribution is 7.19. The van der Waals surface area contributed by atoms with Crippen LogP contribution in [0.5, 0.6) is 11.6 Å². The van der Waals surface area contributed by atoms with Crippen LogP contribution >= 0.6 is 11.3 Å². The molecule has 4 rings (SSSR count). The van der Waals surface area contributed by atoms with E-state index in [1.165, 1.54) is 35.9 Å². The van der Waals surface area contributed by atoms with Crippen molar-refractivity contribution in [2.45, 2.75) is 26.2 Å². The van der Waals surface area contributed by atoms with E-state index in [1.54, 1.807) is 12.1 Å². The third kappa shape index (κ3) is 3.58. The second-order valence-electron chi connectivity index (χ2n) is 7.57. The van der Waals surface area contributed by atoms with Gasteiger partial charge in [0.1, 0.15) is 17.0 Å². The fourth-order valence-corrected chi connectivity index (χ4v) is 4.29. The Morgan fingerprint density at radius 2 is 1.55 bits per heavy atom. The highest BCUT2D eigenvalue weighted by Crippen LogP contribution is 2.47. The lowest BCUT2D eigenvalue weighted by molar-refractivity contribution is 0.399. The van der Waals surface area contributed by atoms with Gasteiger partial charge >= 0.3 is 0 Å². The van der Waals surface area contributed by atoms with E-state index in [0.717, 1.165) is 28.1 Å². The minimum absolute atomic E-state index is 0.0464. The van der Waals surface area contributed by atoms with Crippen LogP contribution in [0, 0.1) is 17.5 Å². The molecule has 2 aromatic heterocycles. The lowest BCUT2D eigenvalue weighted by atomic mass is 9.88. The van der Waals surface area contributed by atoms with Crippen LogP contribution in [0.2, 0.25) is 0 Å². The topological polar surface area (TPSA) is 35.0 Å². The molecule has 0 bridgehead atoms. The van der Waals surface area contributed by atoms with Crippen LogP contribution in [0.25, 0.3) is 21.3 Å². The number of fused-ring (bicyclic) bond motifs is 1. The average molecular weight is 414 g/mol. The van der Waals surface area contributed by atoms with E-state index in [4.69, 9.17) is 4.74 Å². The standard InChI is InChI=1S/C22H17F3N2OS/c1-22(2,3)19-16(12-7-9-13(23)10-8-12)17-20(26-11-27-21(17)29-19)28-18-14(24)5-4-6-15(18)25/h4-11H,1-3H3. The van der Waals surface area contributed by atoms with E-state index < -0.39 is 17.4 Å². The largest absolute Gasteiger partial charge is 0.432 e. The number of nitrogens with zero attached hydrogens (tertiary/aromatic N) is 2. The molecule has 0 atom stereocenters. The molecule has 7 heteroatoms. The Balaban J connectivity index is 2.00. The van der Waals surface area contributed by atoms with Crippen LogP contribution in [0.3, 0.4) is 0 Å². The molecule has 0 aliphatic rings. The predicted molar refractivity (Wildman–Crippen MR) is 108 cm³/mol. The Morgan fingerprint density at radius 3 is 2.17 bits per heavy atom. The van der Waals surface area contributed by atoms with Crippen molar-refractivity contribution in [3.63, 3.8) is 0 Å². The number of aromatic nitrogens is 2. The number of ether oxygens (including phenoxy) is 1. The van der Waals surface area contributed by atoms with E-state index in [1.807, 2.05) is 0 Å². The molecule has 0 amide bonds. The van der Waals surface area contributed by atoms with Crippen LogP contribution in [0.15, 0.2) is 48.8 Å². The Labute approximate surface area is 169 Å². The predicted octanol–water partition coefficient (Wildman–Crippen LogP) is 6.87. The van der Waals surface area contributed by atoms with Crippen molar-refractivity contribution >= 4 is 21.6 Å². The highest BCUT2D eigenvalue weighted by Gasteiger charge is 2.28. The zero-order valence-corrected chi connectivity index (χ0v) is 16.8. The minimum atomic E-state index is -0.827. The summed E-state index contributed by atoms with van der Waals surface area (Å²) in [5, 5.41) is 0.539. The molecule has 0 aliphatic carbocycles. The number of halogens is 3. The SMILES string of the molecule is CC(C)(C)c1sc2ncnc(Oc3c(F)cccc3F)c2c1-c1ccc(F)cc1. The molecule has 0 unspecified atom stereocenters. The molecule has 2 heterocycles. The van der Waals surface area contributed by atoms with Crippen molar-refractivity contribution in [2.75, 3.05) is 0 Å². The monoisotopic (exact) mass is 414 g/mol. The number of hydrogen-bond donors (Lipinski definition) is 0. The molecule has 0 aliphatic heterocycles. The third-order valence-electron chi connectivity index (χ3n) is 4.39. The van der Waals surface area contributed by atoms with Crippen LogP contribution < -0.4 is 4.74 Å². The maximum atomic E-state index is 14.2.